The van der Waals surface area contributed by atoms with E-state index in [1.54, 1.807) is 12.3 Å². The minimum absolute atomic E-state index is 0.102. The van der Waals surface area contributed by atoms with Gasteiger partial charge in [-0.25, -0.2) is 4.98 Å². The van der Waals surface area contributed by atoms with E-state index in [-0.39, 0.29) is 11.9 Å². The summed E-state index contributed by atoms with van der Waals surface area (Å²) in [5.41, 5.74) is 9.03. The number of nitrogens with zero attached hydrogens (tertiary/aromatic N) is 1. The molecule has 19 heavy (non-hydrogen) atoms. The average Bonchev–Trinajstić information content (AvgIpc) is 2.87. The van der Waals surface area contributed by atoms with Gasteiger partial charge in [0.25, 0.3) is 5.91 Å². The Morgan fingerprint density at radius 3 is 2.74 bits per heavy atom. The number of nitrogens with two attached hydrogens (primary N) is 1. The average molecular weight is 275 g/mol. The van der Waals surface area contributed by atoms with E-state index >= 15 is 0 Å². The number of carbonyl (C=O) groups excluding carboxylic acids is 1. The van der Waals surface area contributed by atoms with Crippen LogP contribution in [0.3, 0.4) is 0 Å². The van der Waals surface area contributed by atoms with E-state index in [4.69, 9.17) is 5.73 Å². The van der Waals surface area contributed by atoms with E-state index < -0.39 is 0 Å². The summed E-state index contributed by atoms with van der Waals surface area (Å²) in [6.07, 6.45) is 1.73. The molecule has 0 saturated heterocycles. The molecule has 0 saturated carbocycles. The number of aryl methyl sites for hydroxylation is 2. The van der Waals surface area contributed by atoms with E-state index in [9.17, 15) is 4.79 Å². The van der Waals surface area contributed by atoms with Gasteiger partial charge in [-0.15, -0.1) is 11.3 Å². The molecule has 0 aliphatic rings. The number of hydrogen-bond donors (Lipinski definition) is 2. The van der Waals surface area contributed by atoms with Gasteiger partial charge in [-0.1, -0.05) is 6.07 Å². The van der Waals surface area contributed by atoms with Crippen molar-refractivity contribution in [1.29, 1.82) is 0 Å². The molecular weight excluding hydrogens is 258 g/mol. The normalized spacial score (nSPS) is 12.2. The van der Waals surface area contributed by atoms with Gasteiger partial charge in [-0.3, -0.25) is 4.79 Å². The Kier molecular flexibility index (Phi) is 3.85. The minimum atomic E-state index is -0.119. The molecule has 0 radical (unpaired) electrons. The Labute approximate surface area is 116 Å². The molecule has 4 nitrogen and oxygen atoms in total. The second-order valence-corrected chi connectivity index (χ2v) is 5.52. The van der Waals surface area contributed by atoms with Crippen LogP contribution in [-0.4, -0.2) is 10.9 Å². The lowest BCUT2D eigenvalue weighted by Gasteiger charge is -2.14. The van der Waals surface area contributed by atoms with Gasteiger partial charge in [0.1, 0.15) is 5.01 Å². The molecule has 100 valence electrons. The third-order valence-corrected chi connectivity index (χ3v) is 3.99. The summed E-state index contributed by atoms with van der Waals surface area (Å²) in [5, 5.41) is 5.73. The zero-order chi connectivity index (χ0) is 14.0. The van der Waals surface area contributed by atoms with E-state index in [1.165, 1.54) is 11.3 Å². The van der Waals surface area contributed by atoms with Crippen molar-refractivity contribution in [3.05, 3.63) is 45.4 Å². The third kappa shape index (κ3) is 2.93. The number of hydrogen-bond acceptors (Lipinski definition) is 4. The molecule has 3 N–H and O–H groups in total. The van der Waals surface area contributed by atoms with Crippen molar-refractivity contribution in [2.75, 3.05) is 5.73 Å². The van der Waals surface area contributed by atoms with Gasteiger partial charge in [0, 0.05) is 22.8 Å². The van der Waals surface area contributed by atoms with Crippen LogP contribution < -0.4 is 11.1 Å². The Bertz CT molecular complexity index is 593. The zero-order valence-electron chi connectivity index (χ0n) is 11.2. The molecule has 5 heteroatoms. The fraction of sp³-hybridized carbons (Fsp3) is 0.286. The molecule has 1 heterocycles. The maximum absolute atomic E-state index is 12.2. The van der Waals surface area contributed by atoms with Gasteiger partial charge in [0.2, 0.25) is 0 Å². The van der Waals surface area contributed by atoms with Crippen LogP contribution in [0.2, 0.25) is 0 Å². The highest BCUT2D eigenvalue weighted by Gasteiger charge is 2.15. The number of amides is 1. The molecule has 2 rings (SSSR count). The minimum Gasteiger partial charge on any atom is -0.398 e. The second-order valence-electron chi connectivity index (χ2n) is 4.59. The van der Waals surface area contributed by atoms with Crippen molar-refractivity contribution in [3.8, 4) is 0 Å². The first-order valence-electron chi connectivity index (χ1n) is 6.06. The highest BCUT2D eigenvalue weighted by atomic mass is 32.1. The lowest BCUT2D eigenvalue weighted by Crippen LogP contribution is -2.27. The number of aromatic nitrogens is 1. The van der Waals surface area contributed by atoms with Crippen molar-refractivity contribution in [3.63, 3.8) is 0 Å². The zero-order valence-corrected chi connectivity index (χ0v) is 12.0. The maximum atomic E-state index is 12.2. The first-order valence-corrected chi connectivity index (χ1v) is 6.94. The SMILES string of the molecule is Cc1cc(C)c(C(=O)NC(C)c2nccs2)cc1N. The predicted molar refractivity (Wildman–Crippen MR) is 78.3 cm³/mol. The first kappa shape index (κ1) is 13.5. The van der Waals surface area contributed by atoms with Gasteiger partial charge < -0.3 is 11.1 Å². The largest absolute Gasteiger partial charge is 0.398 e. The molecule has 0 aliphatic carbocycles. The molecular formula is C14H17N3OS. The lowest BCUT2D eigenvalue weighted by molar-refractivity contribution is 0.0939. The summed E-state index contributed by atoms with van der Waals surface area (Å²) in [6.45, 7) is 5.77. The number of anilines is 1. The fourth-order valence-corrected chi connectivity index (χ4v) is 2.54. The molecule has 0 spiro atoms. The predicted octanol–water partition coefficient (Wildman–Crippen LogP) is 2.83. The van der Waals surface area contributed by atoms with Crippen molar-refractivity contribution in [2.24, 2.45) is 0 Å². The van der Waals surface area contributed by atoms with Crippen LogP contribution in [0, 0.1) is 13.8 Å². The summed E-state index contributed by atoms with van der Waals surface area (Å²) in [7, 11) is 0. The van der Waals surface area contributed by atoms with Crippen molar-refractivity contribution >= 4 is 22.9 Å². The van der Waals surface area contributed by atoms with Gasteiger partial charge in [-0.05, 0) is 38.0 Å². The molecule has 2 aromatic rings. The van der Waals surface area contributed by atoms with Gasteiger partial charge in [-0.2, -0.15) is 0 Å². The van der Waals surface area contributed by atoms with E-state index in [0.29, 0.717) is 11.3 Å². The van der Waals surface area contributed by atoms with Crippen LogP contribution in [0.1, 0.15) is 39.5 Å². The standard InChI is InChI=1S/C14H17N3OS/c1-8-6-9(2)12(15)7-11(8)13(18)17-10(3)14-16-4-5-19-14/h4-7,10H,15H2,1-3H3,(H,17,18). The van der Waals surface area contributed by atoms with Crippen LogP contribution in [0.4, 0.5) is 5.69 Å². The Morgan fingerprint density at radius 2 is 2.11 bits per heavy atom. The smallest absolute Gasteiger partial charge is 0.252 e. The van der Waals surface area contributed by atoms with Crippen LogP contribution in [0.5, 0.6) is 0 Å². The summed E-state index contributed by atoms with van der Waals surface area (Å²) >= 11 is 1.53. The fourth-order valence-electron chi connectivity index (χ4n) is 1.90. The highest BCUT2D eigenvalue weighted by Crippen LogP contribution is 2.20. The van der Waals surface area contributed by atoms with Crippen LogP contribution >= 0.6 is 11.3 Å². The molecule has 1 atom stereocenters. The number of nitrogens with one attached hydrogen (secondary N) is 1. The Balaban J connectivity index is 2.19. The number of benzene rings is 1. The molecule has 1 unspecified atom stereocenters. The molecule has 0 fully saturated rings. The molecule has 1 amide bonds. The first-order chi connectivity index (χ1) is 8.99. The Morgan fingerprint density at radius 1 is 1.37 bits per heavy atom. The van der Waals surface area contributed by atoms with Crippen LogP contribution in [0.25, 0.3) is 0 Å². The van der Waals surface area contributed by atoms with Crippen LogP contribution in [-0.2, 0) is 0 Å². The van der Waals surface area contributed by atoms with Gasteiger partial charge >= 0.3 is 0 Å². The molecule has 1 aromatic carbocycles. The molecule has 1 aromatic heterocycles. The summed E-state index contributed by atoms with van der Waals surface area (Å²) in [4.78, 5) is 16.4. The number of carbonyl (C=O) groups is 1. The quantitative estimate of drug-likeness (QED) is 0.846. The summed E-state index contributed by atoms with van der Waals surface area (Å²) in [6, 6.07) is 3.56. The van der Waals surface area contributed by atoms with Gasteiger partial charge in [0.15, 0.2) is 0 Å². The highest BCUT2D eigenvalue weighted by molar-refractivity contribution is 7.09. The summed E-state index contributed by atoms with van der Waals surface area (Å²) in [5.74, 6) is -0.119. The third-order valence-electron chi connectivity index (χ3n) is 3.03. The second kappa shape index (κ2) is 5.40. The summed E-state index contributed by atoms with van der Waals surface area (Å²) < 4.78 is 0. The number of rotatable bonds is 3. The van der Waals surface area contributed by atoms with Crippen molar-refractivity contribution in [1.82, 2.24) is 10.3 Å². The van der Waals surface area contributed by atoms with Gasteiger partial charge in [0.05, 0.1) is 6.04 Å². The Hall–Kier alpha value is -1.88. The maximum Gasteiger partial charge on any atom is 0.252 e. The monoisotopic (exact) mass is 275 g/mol. The lowest BCUT2D eigenvalue weighted by atomic mass is 10.0. The van der Waals surface area contributed by atoms with E-state index in [1.807, 2.05) is 32.2 Å². The molecule has 0 bridgehead atoms. The number of thiazole rings is 1. The number of nitrogen functional groups attached to an aromatic ring is 1. The van der Waals surface area contributed by atoms with Crippen molar-refractivity contribution in [2.45, 2.75) is 26.8 Å². The topological polar surface area (TPSA) is 68.0 Å². The molecule has 0 aliphatic heterocycles. The van der Waals surface area contributed by atoms with E-state index in [0.717, 1.165) is 16.1 Å². The van der Waals surface area contributed by atoms with Crippen LogP contribution in [0.15, 0.2) is 23.7 Å². The van der Waals surface area contributed by atoms with E-state index in [2.05, 4.69) is 10.3 Å². The van der Waals surface area contributed by atoms with Crippen molar-refractivity contribution < 1.29 is 4.79 Å².